The van der Waals surface area contributed by atoms with E-state index in [1.54, 1.807) is 7.11 Å². The number of nitrogens with one attached hydrogen (secondary N) is 1. The maximum Gasteiger partial charge on any atom is 0.122 e. The predicted molar refractivity (Wildman–Crippen MR) is 81.4 cm³/mol. The molecule has 1 heterocycles. The van der Waals surface area contributed by atoms with Gasteiger partial charge in [0, 0.05) is 32.7 Å². The van der Waals surface area contributed by atoms with E-state index in [0.717, 1.165) is 61.6 Å². The minimum Gasteiger partial charge on any atom is -0.496 e. The van der Waals surface area contributed by atoms with Crippen molar-refractivity contribution in [3.63, 3.8) is 0 Å². The molecule has 1 unspecified atom stereocenters. The van der Waals surface area contributed by atoms with Crippen LogP contribution in [0.4, 0.5) is 0 Å². The zero-order valence-electron chi connectivity index (χ0n) is 12.8. The van der Waals surface area contributed by atoms with Gasteiger partial charge in [-0.05, 0) is 49.1 Å². The molecule has 0 aromatic heterocycles. The Kier molecular flexibility index (Phi) is 5.40. The Hall–Kier alpha value is -1.10. The number of aliphatic hydroxyl groups excluding tert-OH is 1. The summed E-state index contributed by atoms with van der Waals surface area (Å²) in [6, 6.07) is 4.06. The van der Waals surface area contributed by atoms with Crippen LogP contribution in [0.15, 0.2) is 12.1 Å². The SMILES string of the molecule is COc1cc(C)c(C(O)CCN2CCNCC2)cc1C. The van der Waals surface area contributed by atoms with Gasteiger partial charge in [-0.25, -0.2) is 0 Å². The topological polar surface area (TPSA) is 44.7 Å². The van der Waals surface area contributed by atoms with Crippen LogP contribution in [0.2, 0.25) is 0 Å². The molecule has 1 atom stereocenters. The zero-order chi connectivity index (χ0) is 14.5. The standard InChI is InChI=1S/C16H26N2O2/c1-12-11-16(20-3)13(2)10-14(12)15(19)4-7-18-8-5-17-6-9-18/h10-11,15,17,19H,4-9H2,1-3H3. The number of rotatable bonds is 5. The molecule has 2 N–H and O–H groups in total. The normalized spacial score (nSPS) is 18.0. The molecule has 0 amide bonds. The van der Waals surface area contributed by atoms with Crippen LogP contribution in [0.3, 0.4) is 0 Å². The maximum absolute atomic E-state index is 10.4. The second kappa shape index (κ2) is 7.07. The van der Waals surface area contributed by atoms with Crippen molar-refractivity contribution in [2.45, 2.75) is 26.4 Å². The molecule has 0 saturated carbocycles. The average molecular weight is 278 g/mol. The molecule has 1 saturated heterocycles. The van der Waals surface area contributed by atoms with Crippen molar-refractivity contribution in [2.24, 2.45) is 0 Å². The Balaban J connectivity index is 1.97. The van der Waals surface area contributed by atoms with Crippen LogP contribution in [0.25, 0.3) is 0 Å². The summed E-state index contributed by atoms with van der Waals surface area (Å²) in [5.41, 5.74) is 3.20. The second-order valence-electron chi connectivity index (χ2n) is 5.57. The van der Waals surface area contributed by atoms with Gasteiger partial charge in [0.25, 0.3) is 0 Å². The number of aryl methyl sites for hydroxylation is 2. The van der Waals surface area contributed by atoms with E-state index in [-0.39, 0.29) is 0 Å². The van der Waals surface area contributed by atoms with Crippen LogP contribution in [0, 0.1) is 13.8 Å². The van der Waals surface area contributed by atoms with Crippen LogP contribution in [0.1, 0.15) is 29.2 Å². The maximum atomic E-state index is 10.4. The third kappa shape index (κ3) is 3.72. The lowest BCUT2D eigenvalue weighted by Gasteiger charge is -2.28. The Morgan fingerprint density at radius 2 is 1.95 bits per heavy atom. The zero-order valence-corrected chi connectivity index (χ0v) is 12.8. The molecule has 4 nitrogen and oxygen atoms in total. The minimum absolute atomic E-state index is 0.394. The van der Waals surface area contributed by atoms with Gasteiger partial charge < -0.3 is 20.1 Å². The van der Waals surface area contributed by atoms with Crippen LogP contribution in [-0.2, 0) is 0 Å². The Labute approximate surface area is 121 Å². The first kappa shape index (κ1) is 15.3. The van der Waals surface area contributed by atoms with Crippen molar-refractivity contribution in [3.8, 4) is 5.75 Å². The first-order valence-electron chi connectivity index (χ1n) is 7.38. The van der Waals surface area contributed by atoms with E-state index in [1.165, 1.54) is 0 Å². The van der Waals surface area contributed by atoms with E-state index in [9.17, 15) is 5.11 Å². The number of hydrogen-bond acceptors (Lipinski definition) is 4. The lowest BCUT2D eigenvalue weighted by molar-refractivity contribution is 0.136. The van der Waals surface area contributed by atoms with Gasteiger partial charge in [-0.1, -0.05) is 0 Å². The van der Waals surface area contributed by atoms with Crippen LogP contribution in [-0.4, -0.2) is 49.8 Å². The molecular formula is C16H26N2O2. The average Bonchev–Trinajstić information content (AvgIpc) is 2.47. The molecule has 1 fully saturated rings. The molecular weight excluding hydrogens is 252 g/mol. The van der Waals surface area contributed by atoms with Crippen LogP contribution < -0.4 is 10.1 Å². The van der Waals surface area contributed by atoms with Crippen molar-refractivity contribution in [3.05, 3.63) is 28.8 Å². The lowest BCUT2D eigenvalue weighted by Crippen LogP contribution is -2.44. The number of nitrogens with zero attached hydrogens (tertiary/aromatic N) is 1. The number of methoxy groups -OCH3 is 1. The van der Waals surface area contributed by atoms with Crippen molar-refractivity contribution >= 4 is 0 Å². The molecule has 0 bridgehead atoms. The minimum atomic E-state index is -0.394. The fraction of sp³-hybridized carbons (Fsp3) is 0.625. The number of ether oxygens (including phenoxy) is 1. The van der Waals surface area contributed by atoms with E-state index in [1.807, 2.05) is 19.9 Å². The molecule has 2 rings (SSSR count). The highest BCUT2D eigenvalue weighted by atomic mass is 16.5. The Bertz CT molecular complexity index is 442. The number of piperazine rings is 1. The van der Waals surface area contributed by atoms with Crippen molar-refractivity contribution in [1.82, 2.24) is 10.2 Å². The van der Waals surface area contributed by atoms with E-state index in [4.69, 9.17) is 4.74 Å². The summed E-state index contributed by atoms with van der Waals surface area (Å²) in [6.45, 7) is 9.26. The Morgan fingerprint density at radius 3 is 2.60 bits per heavy atom. The van der Waals surface area contributed by atoms with Gasteiger partial charge in [-0.15, -0.1) is 0 Å². The van der Waals surface area contributed by atoms with Gasteiger partial charge in [0.2, 0.25) is 0 Å². The second-order valence-corrected chi connectivity index (χ2v) is 5.57. The van der Waals surface area contributed by atoms with Crippen LogP contribution in [0.5, 0.6) is 5.75 Å². The molecule has 0 radical (unpaired) electrons. The van der Waals surface area contributed by atoms with E-state index in [2.05, 4.69) is 16.3 Å². The molecule has 1 aliphatic heterocycles. The highest BCUT2D eigenvalue weighted by Gasteiger charge is 2.16. The van der Waals surface area contributed by atoms with Gasteiger partial charge in [0.15, 0.2) is 0 Å². The molecule has 1 aromatic rings. The van der Waals surface area contributed by atoms with E-state index < -0.39 is 6.10 Å². The number of aliphatic hydroxyl groups is 1. The first-order chi connectivity index (χ1) is 9.61. The number of hydrogen-bond donors (Lipinski definition) is 2. The largest absolute Gasteiger partial charge is 0.496 e. The van der Waals surface area contributed by atoms with Crippen molar-refractivity contribution < 1.29 is 9.84 Å². The smallest absolute Gasteiger partial charge is 0.122 e. The summed E-state index contributed by atoms with van der Waals surface area (Å²) in [4.78, 5) is 2.41. The molecule has 112 valence electrons. The molecule has 1 aromatic carbocycles. The number of benzene rings is 1. The molecule has 0 spiro atoms. The van der Waals surface area contributed by atoms with Crippen LogP contribution >= 0.6 is 0 Å². The van der Waals surface area contributed by atoms with Gasteiger partial charge >= 0.3 is 0 Å². The fourth-order valence-corrected chi connectivity index (χ4v) is 2.79. The molecule has 0 aliphatic carbocycles. The van der Waals surface area contributed by atoms with Crippen molar-refractivity contribution in [2.75, 3.05) is 39.8 Å². The lowest BCUT2D eigenvalue weighted by atomic mass is 9.98. The summed E-state index contributed by atoms with van der Waals surface area (Å²) in [6.07, 6.45) is 0.390. The first-order valence-corrected chi connectivity index (χ1v) is 7.38. The highest BCUT2D eigenvalue weighted by Crippen LogP contribution is 2.28. The quantitative estimate of drug-likeness (QED) is 0.859. The van der Waals surface area contributed by atoms with Gasteiger partial charge in [0.05, 0.1) is 13.2 Å². The third-order valence-electron chi connectivity index (χ3n) is 4.07. The molecule has 4 heteroatoms. The summed E-state index contributed by atoms with van der Waals surface area (Å²) in [5.74, 6) is 0.889. The van der Waals surface area contributed by atoms with Crippen molar-refractivity contribution in [1.29, 1.82) is 0 Å². The van der Waals surface area contributed by atoms with Gasteiger partial charge in [-0.3, -0.25) is 0 Å². The fourth-order valence-electron chi connectivity index (χ4n) is 2.79. The van der Waals surface area contributed by atoms with Gasteiger partial charge in [0.1, 0.15) is 5.75 Å². The Morgan fingerprint density at radius 1 is 1.25 bits per heavy atom. The molecule has 20 heavy (non-hydrogen) atoms. The van der Waals surface area contributed by atoms with Gasteiger partial charge in [-0.2, -0.15) is 0 Å². The summed E-state index contributed by atoms with van der Waals surface area (Å²) < 4.78 is 5.32. The predicted octanol–water partition coefficient (Wildman–Crippen LogP) is 1.64. The van der Waals surface area contributed by atoms with E-state index in [0.29, 0.717) is 0 Å². The van der Waals surface area contributed by atoms with E-state index >= 15 is 0 Å². The molecule has 1 aliphatic rings. The third-order valence-corrected chi connectivity index (χ3v) is 4.07. The summed E-state index contributed by atoms with van der Waals surface area (Å²) >= 11 is 0. The summed E-state index contributed by atoms with van der Waals surface area (Å²) in [5, 5.41) is 13.8. The monoisotopic (exact) mass is 278 g/mol. The summed E-state index contributed by atoms with van der Waals surface area (Å²) in [7, 11) is 1.68. The highest BCUT2D eigenvalue weighted by molar-refractivity contribution is 5.42.